The Labute approximate surface area is 486 Å². The quantitative estimate of drug-likeness (QED) is 0.0261. The minimum Gasteiger partial charge on any atom is -0.462 e. The fraction of sp³-hybridized carbons (Fsp3) is 0.847. The first kappa shape index (κ1) is 75.4. The first-order valence-corrected chi connectivity index (χ1v) is 34.6. The summed E-state index contributed by atoms with van der Waals surface area (Å²) in [4.78, 5) is 38.4. The van der Waals surface area contributed by atoms with Gasteiger partial charge in [0.05, 0.1) is 0 Å². The summed E-state index contributed by atoms with van der Waals surface area (Å²) in [7, 11) is 0. The molecule has 0 fully saturated rings. The Kier molecular flexibility index (Phi) is 64.6. The van der Waals surface area contributed by atoms with E-state index in [2.05, 4.69) is 69.4 Å². The van der Waals surface area contributed by atoms with E-state index in [0.717, 1.165) is 77.0 Å². The van der Waals surface area contributed by atoms with Crippen molar-refractivity contribution < 1.29 is 28.6 Å². The highest BCUT2D eigenvalue weighted by atomic mass is 16.6. The maximum absolute atomic E-state index is 12.9. The SMILES string of the molecule is CCCCC/C=C\C/C=C\C/C=C\CCCCCCCCC(=O)OC(COC(=O)CCCCCCCCCCC/C=C\CCCCCCCC)COC(=O)CCCCCCCCCCCCCCCCCCCCCCCC. The number of hydrogen-bond acceptors (Lipinski definition) is 6. The molecule has 0 saturated heterocycles. The van der Waals surface area contributed by atoms with Crippen molar-refractivity contribution in [2.75, 3.05) is 13.2 Å². The summed E-state index contributed by atoms with van der Waals surface area (Å²) < 4.78 is 17.0. The molecule has 0 amide bonds. The first-order valence-electron chi connectivity index (χ1n) is 34.6. The zero-order chi connectivity index (χ0) is 56.4. The number of unbranched alkanes of at least 4 members (excludes halogenated alkanes) is 45. The molecule has 0 N–H and O–H groups in total. The second-order valence-electron chi connectivity index (χ2n) is 23.4. The number of esters is 3. The lowest BCUT2D eigenvalue weighted by molar-refractivity contribution is -0.167. The average Bonchev–Trinajstić information content (AvgIpc) is 3.44. The number of carbonyl (C=O) groups is 3. The molecule has 1 unspecified atom stereocenters. The lowest BCUT2D eigenvalue weighted by Crippen LogP contribution is -2.30. The molecule has 78 heavy (non-hydrogen) atoms. The molecule has 0 aliphatic heterocycles. The van der Waals surface area contributed by atoms with Gasteiger partial charge in [-0.1, -0.05) is 320 Å². The lowest BCUT2D eigenvalue weighted by Gasteiger charge is -2.18. The van der Waals surface area contributed by atoms with Crippen LogP contribution in [0.15, 0.2) is 48.6 Å². The Balaban J connectivity index is 4.34. The van der Waals surface area contributed by atoms with Crippen LogP contribution in [-0.2, 0) is 28.6 Å². The number of rotatable bonds is 64. The molecule has 0 aliphatic rings. The summed E-state index contributed by atoms with van der Waals surface area (Å²) in [6, 6.07) is 0. The Morgan fingerprint density at radius 2 is 0.462 bits per heavy atom. The molecule has 0 spiro atoms. The van der Waals surface area contributed by atoms with Gasteiger partial charge in [0.1, 0.15) is 13.2 Å². The van der Waals surface area contributed by atoms with Crippen LogP contribution >= 0.6 is 0 Å². The number of carbonyl (C=O) groups excluding carboxylic acids is 3. The van der Waals surface area contributed by atoms with Crippen molar-refractivity contribution in [3.63, 3.8) is 0 Å². The molecular formula is C72H132O6. The fourth-order valence-electron chi connectivity index (χ4n) is 10.3. The summed E-state index contributed by atoms with van der Waals surface area (Å²) in [6.45, 7) is 6.67. The van der Waals surface area contributed by atoms with Crippen LogP contribution in [0.5, 0.6) is 0 Å². The highest BCUT2D eigenvalue weighted by Crippen LogP contribution is 2.18. The van der Waals surface area contributed by atoms with Gasteiger partial charge in [-0.2, -0.15) is 0 Å². The molecule has 6 heteroatoms. The first-order chi connectivity index (χ1) is 38.5. The normalized spacial score (nSPS) is 12.3. The van der Waals surface area contributed by atoms with E-state index in [1.807, 2.05) is 0 Å². The van der Waals surface area contributed by atoms with Crippen molar-refractivity contribution >= 4 is 17.9 Å². The topological polar surface area (TPSA) is 78.9 Å². The molecular weight excluding hydrogens is 961 g/mol. The van der Waals surface area contributed by atoms with Gasteiger partial charge in [-0.3, -0.25) is 14.4 Å². The van der Waals surface area contributed by atoms with Gasteiger partial charge in [0, 0.05) is 19.3 Å². The van der Waals surface area contributed by atoms with Crippen LogP contribution in [0.4, 0.5) is 0 Å². The van der Waals surface area contributed by atoms with Crippen LogP contribution in [0.25, 0.3) is 0 Å². The smallest absolute Gasteiger partial charge is 0.306 e. The van der Waals surface area contributed by atoms with Gasteiger partial charge in [-0.25, -0.2) is 0 Å². The van der Waals surface area contributed by atoms with E-state index < -0.39 is 6.10 Å². The molecule has 0 aromatic carbocycles. The zero-order valence-corrected chi connectivity index (χ0v) is 52.5. The molecule has 0 aromatic heterocycles. The average molecular weight is 1090 g/mol. The number of hydrogen-bond donors (Lipinski definition) is 0. The predicted octanol–water partition coefficient (Wildman–Crippen LogP) is 23.7. The molecule has 1 atom stereocenters. The second kappa shape index (κ2) is 66.9. The Morgan fingerprint density at radius 1 is 0.256 bits per heavy atom. The van der Waals surface area contributed by atoms with Crippen molar-refractivity contribution in [3.8, 4) is 0 Å². The molecule has 0 bridgehead atoms. The van der Waals surface area contributed by atoms with E-state index in [1.54, 1.807) is 0 Å². The monoisotopic (exact) mass is 1090 g/mol. The van der Waals surface area contributed by atoms with E-state index in [4.69, 9.17) is 14.2 Å². The molecule has 0 saturated carbocycles. The van der Waals surface area contributed by atoms with E-state index in [9.17, 15) is 14.4 Å². The molecule has 0 aliphatic carbocycles. The third-order valence-corrected chi connectivity index (χ3v) is 15.6. The van der Waals surface area contributed by atoms with Crippen LogP contribution in [-0.4, -0.2) is 37.2 Å². The summed E-state index contributed by atoms with van der Waals surface area (Å²) in [5.41, 5.74) is 0. The molecule has 6 nitrogen and oxygen atoms in total. The van der Waals surface area contributed by atoms with E-state index in [0.29, 0.717) is 19.3 Å². The maximum Gasteiger partial charge on any atom is 0.306 e. The second-order valence-corrected chi connectivity index (χ2v) is 23.4. The van der Waals surface area contributed by atoms with Crippen molar-refractivity contribution in [2.45, 2.75) is 380 Å². The Morgan fingerprint density at radius 3 is 0.756 bits per heavy atom. The Hall–Kier alpha value is -2.63. The van der Waals surface area contributed by atoms with Crippen LogP contribution < -0.4 is 0 Å². The molecule has 0 rings (SSSR count). The highest BCUT2D eigenvalue weighted by molar-refractivity contribution is 5.71. The summed E-state index contributed by atoms with van der Waals surface area (Å²) in [6.07, 6.45) is 84.1. The lowest BCUT2D eigenvalue weighted by atomic mass is 10.0. The van der Waals surface area contributed by atoms with Crippen molar-refractivity contribution in [1.29, 1.82) is 0 Å². The highest BCUT2D eigenvalue weighted by Gasteiger charge is 2.19. The number of ether oxygens (including phenoxy) is 3. The molecule has 0 radical (unpaired) electrons. The predicted molar refractivity (Wildman–Crippen MR) is 339 cm³/mol. The van der Waals surface area contributed by atoms with Gasteiger partial charge in [0.25, 0.3) is 0 Å². The van der Waals surface area contributed by atoms with E-state index >= 15 is 0 Å². The van der Waals surface area contributed by atoms with Crippen LogP contribution in [0.2, 0.25) is 0 Å². The summed E-state index contributed by atoms with van der Waals surface area (Å²) in [5, 5.41) is 0. The van der Waals surface area contributed by atoms with E-state index in [1.165, 1.54) is 257 Å². The van der Waals surface area contributed by atoms with Gasteiger partial charge in [-0.05, 0) is 83.5 Å². The van der Waals surface area contributed by atoms with Crippen molar-refractivity contribution in [2.24, 2.45) is 0 Å². The fourth-order valence-corrected chi connectivity index (χ4v) is 10.3. The zero-order valence-electron chi connectivity index (χ0n) is 52.5. The molecule has 0 aromatic rings. The van der Waals surface area contributed by atoms with Gasteiger partial charge in [0.2, 0.25) is 0 Å². The summed E-state index contributed by atoms with van der Waals surface area (Å²) >= 11 is 0. The van der Waals surface area contributed by atoms with Crippen LogP contribution in [0, 0.1) is 0 Å². The standard InChI is InChI=1S/C72H132O6/c1-4-7-10-13-16-19-22-25-28-31-34-35-36-39-41-44-47-50-53-56-59-62-65-71(74)77-68-69(78-72(75)66-63-60-57-54-51-48-45-42-38-33-30-27-24-21-18-15-12-9-6-3)67-76-70(73)64-61-58-55-52-49-46-43-40-37-32-29-26-23-20-17-14-11-8-5-2/h18,21,26-27,29-30,38,42,69H,4-17,19-20,22-25,28,31-37,39-41,43-68H2,1-3H3/b21-18-,29-26-,30-27-,42-38-. The largest absolute Gasteiger partial charge is 0.462 e. The van der Waals surface area contributed by atoms with Gasteiger partial charge in [-0.15, -0.1) is 0 Å². The minimum absolute atomic E-state index is 0.0750. The summed E-state index contributed by atoms with van der Waals surface area (Å²) in [5.74, 6) is -0.864. The van der Waals surface area contributed by atoms with Crippen molar-refractivity contribution in [1.82, 2.24) is 0 Å². The maximum atomic E-state index is 12.9. The third kappa shape index (κ3) is 64.2. The van der Waals surface area contributed by atoms with Crippen LogP contribution in [0.1, 0.15) is 374 Å². The van der Waals surface area contributed by atoms with Gasteiger partial charge >= 0.3 is 17.9 Å². The van der Waals surface area contributed by atoms with Gasteiger partial charge in [0.15, 0.2) is 6.10 Å². The number of allylic oxidation sites excluding steroid dienone is 8. The minimum atomic E-state index is -0.781. The molecule has 456 valence electrons. The Bertz CT molecular complexity index is 1350. The van der Waals surface area contributed by atoms with Crippen LogP contribution in [0.3, 0.4) is 0 Å². The van der Waals surface area contributed by atoms with Crippen molar-refractivity contribution in [3.05, 3.63) is 48.6 Å². The van der Waals surface area contributed by atoms with Gasteiger partial charge < -0.3 is 14.2 Å². The van der Waals surface area contributed by atoms with E-state index in [-0.39, 0.29) is 31.1 Å². The molecule has 0 heterocycles. The third-order valence-electron chi connectivity index (χ3n) is 15.6.